The lowest BCUT2D eigenvalue weighted by atomic mass is 10.1. The number of amides is 2. The summed E-state index contributed by atoms with van der Waals surface area (Å²) >= 11 is 0. The zero-order chi connectivity index (χ0) is 19.6. The topological polar surface area (TPSA) is 133 Å². The van der Waals surface area contributed by atoms with E-state index in [9.17, 15) is 14.0 Å². The monoisotopic (exact) mass is 375 g/mol. The molecule has 1 saturated heterocycles. The fraction of sp³-hybridized carbons (Fsp3) is 0.235. The van der Waals surface area contributed by atoms with Crippen LogP contribution in [0.5, 0.6) is 0 Å². The Bertz CT molecular complexity index is 910. The van der Waals surface area contributed by atoms with E-state index in [1.165, 1.54) is 24.0 Å². The van der Waals surface area contributed by atoms with Crippen LogP contribution in [0, 0.1) is 5.82 Å². The van der Waals surface area contributed by atoms with Crippen LogP contribution in [-0.4, -0.2) is 47.2 Å². The number of amidine groups is 1. The first kappa shape index (κ1) is 18.2. The Kier molecular flexibility index (Phi) is 4.97. The van der Waals surface area contributed by atoms with Crippen molar-refractivity contribution in [3.63, 3.8) is 0 Å². The summed E-state index contributed by atoms with van der Waals surface area (Å²) in [4.78, 5) is 27.1. The van der Waals surface area contributed by atoms with Gasteiger partial charge in [0.2, 0.25) is 5.91 Å². The molecule has 2 aromatic rings. The van der Waals surface area contributed by atoms with Crippen molar-refractivity contribution in [1.82, 2.24) is 10.3 Å². The molecule has 1 aromatic carbocycles. The number of cyclic esters (lactones) is 1. The van der Waals surface area contributed by atoms with E-state index in [4.69, 9.17) is 15.7 Å². The highest BCUT2D eigenvalue weighted by Crippen LogP contribution is 2.28. The number of aromatic nitrogens is 1. The van der Waals surface area contributed by atoms with Gasteiger partial charge in [-0.05, 0) is 30.3 Å². The van der Waals surface area contributed by atoms with Gasteiger partial charge < -0.3 is 26.0 Å². The molecule has 0 radical (unpaired) electrons. The van der Waals surface area contributed by atoms with Crippen molar-refractivity contribution in [3.05, 3.63) is 41.8 Å². The van der Waals surface area contributed by atoms with E-state index < -0.39 is 18.0 Å². The maximum atomic E-state index is 14.6. The van der Waals surface area contributed by atoms with E-state index in [0.717, 1.165) is 0 Å². The van der Waals surface area contributed by atoms with Crippen molar-refractivity contribution in [3.8, 4) is 11.3 Å². The number of nitrogens with zero attached hydrogens (tertiary/aromatic N) is 2. The molecule has 5 N–H and O–H groups in total. The molecule has 0 aliphatic carbocycles. The molecule has 1 aromatic heterocycles. The first-order valence-corrected chi connectivity index (χ1v) is 8.08. The van der Waals surface area contributed by atoms with Crippen molar-refractivity contribution in [1.29, 1.82) is 0 Å². The molecule has 1 aliphatic rings. The van der Waals surface area contributed by atoms with Gasteiger partial charge in [0, 0.05) is 18.2 Å². The Morgan fingerprint density at radius 2 is 2.26 bits per heavy atom. The van der Waals surface area contributed by atoms with Crippen LogP contribution in [0.1, 0.15) is 12.6 Å². The first-order valence-electron chi connectivity index (χ1n) is 8.08. The number of anilines is 1. The SMILES string of the molecule is CC(=O)NC[C@H]1CN(c2ccc(-c3ccc(/C(N)=N\O)[nH]3)c(F)c2)C(=O)O1. The Labute approximate surface area is 153 Å². The predicted molar refractivity (Wildman–Crippen MR) is 95.0 cm³/mol. The van der Waals surface area contributed by atoms with Gasteiger partial charge in [-0.3, -0.25) is 9.69 Å². The van der Waals surface area contributed by atoms with E-state index in [-0.39, 0.29) is 30.4 Å². The highest BCUT2D eigenvalue weighted by molar-refractivity contribution is 5.96. The van der Waals surface area contributed by atoms with Gasteiger partial charge in [0.25, 0.3) is 0 Å². The lowest BCUT2D eigenvalue weighted by Crippen LogP contribution is -2.33. The van der Waals surface area contributed by atoms with Gasteiger partial charge in [-0.25, -0.2) is 9.18 Å². The summed E-state index contributed by atoms with van der Waals surface area (Å²) < 4.78 is 19.8. The summed E-state index contributed by atoms with van der Waals surface area (Å²) in [5, 5.41) is 14.2. The molecule has 142 valence electrons. The predicted octanol–water partition coefficient (Wildman–Crippen LogP) is 1.38. The van der Waals surface area contributed by atoms with Gasteiger partial charge in [0.1, 0.15) is 11.9 Å². The minimum Gasteiger partial charge on any atom is -0.442 e. The molecule has 10 heteroatoms. The molecule has 0 saturated carbocycles. The molecular formula is C17H18FN5O4. The number of nitrogens with two attached hydrogens (primary N) is 1. The molecule has 1 atom stereocenters. The summed E-state index contributed by atoms with van der Waals surface area (Å²) in [5.74, 6) is -0.904. The van der Waals surface area contributed by atoms with E-state index in [1.807, 2.05) is 0 Å². The molecule has 9 nitrogen and oxygen atoms in total. The number of rotatable bonds is 5. The van der Waals surface area contributed by atoms with E-state index in [1.54, 1.807) is 18.2 Å². The second-order valence-electron chi connectivity index (χ2n) is 5.99. The zero-order valence-electron chi connectivity index (χ0n) is 14.4. The van der Waals surface area contributed by atoms with E-state index in [2.05, 4.69) is 15.5 Å². The van der Waals surface area contributed by atoms with Crippen LogP contribution in [0.25, 0.3) is 11.3 Å². The van der Waals surface area contributed by atoms with Crippen LogP contribution in [0.3, 0.4) is 0 Å². The van der Waals surface area contributed by atoms with Crippen molar-refractivity contribution in [2.24, 2.45) is 10.9 Å². The second-order valence-corrected chi connectivity index (χ2v) is 5.99. The summed E-state index contributed by atoms with van der Waals surface area (Å²) in [6.07, 6.45) is -1.11. The molecule has 1 fully saturated rings. The fourth-order valence-corrected chi connectivity index (χ4v) is 2.74. The van der Waals surface area contributed by atoms with Crippen LogP contribution in [-0.2, 0) is 9.53 Å². The number of oxime groups is 1. The molecule has 2 amide bonds. The average molecular weight is 375 g/mol. The summed E-state index contributed by atoms with van der Waals surface area (Å²) in [7, 11) is 0. The second kappa shape index (κ2) is 7.36. The van der Waals surface area contributed by atoms with Gasteiger partial charge in [0.15, 0.2) is 5.84 Å². The number of ether oxygens (including phenoxy) is 1. The minimum atomic E-state index is -0.605. The smallest absolute Gasteiger partial charge is 0.414 e. The minimum absolute atomic E-state index is 0.122. The highest BCUT2D eigenvalue weighted by atomic mass is 19.1. The Morgan fingerprint density at radius 3 is 2.93 bits per heavy atom. The summed E-state index contributed by atoms with van der Waals surface area (Å²) in [6.45, 7) is 1.76. The number of hydrogen-bond acceptors (Lipinski definition) is 5. The van der Waals surface area contributed by atoms with Crippen molar-refractivity contribution < 1.29 is 23.9 Å². The number of halogens is 1. The van der Waals surface area contributed by atoms with Crippen LogP contribution < -0.4 is 16.0 Å². The number of carbonyl (C=O) groups excluding carboxylic acids is 2. The molecule has 2 heterocycles. The zero-order valence-corrected chi connectivity index (χ0v) is 14.4. The number of nitrogens with one attached hydrogen (secondary N) is 2. The van der Waals surface area contributed by atoms with Crippen molar-refractivity contribution in [2.45, 2.75) is 13.0 Å². The van der Waals surface area contributed by atoms with Crippen LogP contribution in [0.2, 0.25) is 0 Å². The van der Waals surface area contributed by atoms with Crippen molar-refractivity contribution in [2.75, 3.05) is 18.0 Å². The Balaban J connectivity index is 1.78. The maximum Gasteiger partial charge on any atom is 0.414 e. The summed E-state index contributed by atoms with van der Waals surface area (Å²) in [5.41, 5.74) is 6.88. The van der Waals surface area contributed by atoms with Crippen molar-refractivity contribution >= 4 is 23.5 Å². The third-order valence-electron chi connectivity index (χ3n) is 4.08. The molecule has 27 heavy (non-hydrogen) atoms. The molecule has 0 bridgehead atoms. The molecule has 1 aliphatic heterocycles. The fourth-order valence-electron chi connectivity index (χ4n) is 2.74. The lowest BCUT2D eigenvalue weighted by molar-refractivity contribution is -0.119. The lowest BCUT2D eigenvalue weighted by Gasteiger charge is -2.14. The molecule has 0 spiro atoms. The third kappa shape index (κ3) is 3.84. The van der Waals surface area contributed by atoms with Crippen LogP contribution in [0.4, 0.5) is 14.9 Å². The largest absolute Gasteiger partial charge is 0.442 e. The van der Waals surface area contributed by atoms with Crippen LogP contribution >= 0.6 is 0 Å². The van der Waals surface area contributed by atoms with Crippen LogP contribution in [0.15, 0.2) is 35.5 Å². The molecule has 3 rings (SSSR count). The number of H-pyrrole nitrogens is 1. The number of aromatic amines is 1. The number of hydrogen-bond donors (Lipinski definition) is 4. The maximum absolute atomic E-state index is 14.6. The van der Waals surface area contributed by atoms with E-state index >= 15 is 0 Å². The average Bonchev–Trinajstić information content (AvgIpc) is 3.26. The number of carbonyl (C=O) groups is 2. The third-order valence-corrected chi connectivity index (χ3v) is 4.08. The standard InChI is InChI=1S/C17H18FN5O4/c1-9(24)20-7-11-8-23(17(25)27-11)10-2-3-12(13(18)6-10)14-4-5-15(21-14)16(19)22-26/h2-6,11,21,26H,7-8H2,1H3,(H2,19,22)(H,20,24)/t11-/m0/s1. The van der Waals surface area contributed by atoms with Gasteiger partial charge in [-0.2, -0.15) is 0 Å². The van der Waals surface area contributed by atoms with E-state index in [0.29, 0.717) is 17.1 Å². The van der Waals surface area contributed by atoms with Gasteiger partial charge in [0.05, 0.1) is 24.5 Å². The molecular weight excluding hydrogens is 357 g/mol. The Morgan fingerprint density at radius 1 is 1.48 bits per heavy atom. The quantitative estimate of drug-likeness (QED) is 0.271. The van der Waals surface area contributed by atoms with Gasteiger partial charge in [-0.15, -0.1) is 0 Å². The number of benzene rings is 1. The summed E-state index contributed by atoms with van der Waals surface area (Å²) in [6, 6.07) is 7.48. The normalized spacial score (nSPS) is 17.1. The van der Waals surface area contributed by atoms with Gasteiger partial charge in [-0.1, -0.05) is 5.16 Å². The van der Waals surface area contributed by atoms with Gasteiger partial charge >= 0.3 is 6.09 Å². The molecule has 0 unspecified atom stereocenters. The first-order chi connectivity index (χ1) is 12.9. The Hall–Kier alpha value is -3.56. The highest BCUT2D eigenvalue weighted by Gasteiger charge is 2.32.